The van der Waals surface area contributed by atoms with Gasteiger partial charge in [-0.15, -0.1) is 0 Å². The molecule has 0 saturated heterocycles. The summed E-state index contributed by atoms with van der Waals surface area (Å²) in [6, 6.07) is 3.79. The number of aromatic carboxylic acids is 1. The highest BCUT2D eigenvalue weighted by molar-refractivity contribution is 9.10. The lowest BCUT2D eigenvalue weighted by Crippen LogP contribution is -2.39. The van der Waals surface area contributed by atoms with Crippen molar-refractivity contribution in [1.82, 2.24) is 9.80 Å². The van der Waals surface area contributed by atoms with Gasteiger partial charge in [-0.05, 0) is 34.1 Å². The molecule has 1 aromatic rings. The third-order valence-corrected chi connectivity index (χ3v) is 3.33. The first-order valence-corrected chi connectivity index (χ1v) is 6.76. The van der Waals surface area contributed by atoms with Crippen molar-refractivity contribution in [1.29, 1.82) is 0 Å². The normalized spacial score (nSPS) is 9.90. The van der Waals surface area contributed by atoms with E-state index in [0.29, 0.717) is 10.2 Å². The molecule has 0 radical (unpaired) electrons. The molecule has 8 heteroatoms. The van der Waals surface area contributed by atoms with E-state index in [1.165, 1.54) is 35.0 Å². The maximum Gasteiger partial charge on any atom is 0.335 e. The Morgan fingerprint density at radius 1 is 1.24 bits per heavy atom. The highest BCUT2D eigenvalue weighted by Gasteiger charge is 2.15. The van der Waals surface area contributed by atoms with Crippen molar-refractivity contribution >= 4 is 39.5 Å². The van der Waals surface area contributed by atoms with Gasteiger partial charge < -0.3 is 20.2 Å². The minimum absolute atomic E-state index is 0.0519. The topological polar surface area (TPSA) is 90.0 Å². The van der Waals surface area contributed by atoms with Crippen LogP contribution in [0.1, 0.15) is 10.4 Å². The van der Waals surface area contributed by atoms with E-state index in [1.54, 1.807) is 14.1 Å². The summed E-state index contributed by atoms with van der Waals surface area (Å²) < 4.78 is 0.447. The van der Waals surface area contributed by atoms with E-state index in [4.69, 9.17) is 5.11 Å². The molecular formula is C13H16BrN3O4. The molecule has 0 unspecified atom stereocenters. The third kappa shape index (κ3) is 4.75. The fourth-order valence-corrected chi connectivity index (χ4v) is 1.85. The average molecular weight is 358 g/mol. The number of likely N-dealkylation sites (N-methyl/N-ethyl adjacent to an activating group) is 2. The average Bonchev–Trinajstić information content (AvgIpc) is 2.40. The van der Waals surface area contributed by atoms with Crippen LogP contribution in [0.5, 0.6) is 0 Å². The van der Waals surface area contributed by atoms with Crippen LogP contribution in [-0.4, -0.2) is 60.5 Å². The first-order chi connectivity index (χ1) is 9.72. The van der Waals surface area contributed by atoms with Crippen LogP contribution < -0.4 is 5.32 Å². The Hall–Kier alpha value is -2.09. The molecule has 1 rings (SSSR count). The molecule has 0 saturated carbocycles. The number of urea groups is 1. The zero-order chi connectivity index (χ0) is 16.2. The summed E-state index contributed by atoms with van der Waals surface area (Å²) in [4.78, 5) is 36.9. The van der Waals surface area contributed by atoms with Gasteiger partial charge in [0.15, 0.2) is 0 Å². The molecular weight excluding hydrogens is 342 g/mol. The van der Waals surface area contributed by atoms with Crippen LogP contribution >= 0.6 is 15.9 Å². The number of carbonyl (C=O) groups is 3. The van der Waals surface area contributed by atoms with Gasteiger partial charge in [-0.1, -0.05) is 0 Å². The Morgan fingerprint density at radius 3 is 2.33 bits per heavy atom. The maximum atomic E-state index is 11.9. The summed E-state index contributed by atoms with van der Waals surface area (Å²) in [5.41, 5.74) is 0.533. The molecule has 0 atom stereocenters. The monoisotopic (exact) mass is 357 g/mol. The van der Waals surface area contributed by atoms with Crippen molar-refractivity contribution in [3.63, 3.8) is 0 Å². The minimum atomic E-state index is -1.05. The smallest absolute Gasteiger partial charge is 0.335 e. The number of hydrogen-bond donors (Lipinski definition) is 2. The van der Waals surface area contributed by atoms with E-state index in [2.05, 4.69) is 21.2 Å². The number of benzene rings is 1. The van der Waals surface area contributed by atoms with E-state index in [-0.39, 0.29) is 18.0 Å². The number of halogens is 1. The zero-order valence-corrected chi connectivity index (χ0v) is 13.5. The molecule has 114 valence electrons. The van der Waals surface area contributed by atoms with Crippen molar-refractivity contribution in [2.24, 2.45) is 0 Å². The Labute approximate surface area is 130 Å². The van der Waals surface area contributed by atoms with Crippen molar-refractivity contribution in [3.05, 3.63) is 28.2 Å². The summed E-state index contributed by atoms with van der Waals surface area (Å²) >= 11 is 3.20. The van der Waals surface area contributed by atoms with Crippen molar-refractivity contribution < 1.29 is 19.5 Å². The number of amides is 3. The predicted molar refractivity (Wildman–Crippen MR) is 81.4 cm³/mol. The molecule has 0 spiro atoms. The predicted octanol–water partition coefficient (Wildman–Crippen LogP) is 1.70. The first kappa shape index (κ1) is 17.0. The van der Waals surface area contributed by atoms with E-state index in [0.717, 1.165) is 0 Å². The van der Waals surface area contributed by atoms with Gasteiger partial charge in [0, 0.05) is 25.6 Å². The molecule has 0 aliphatic rings. The van der Waals surface area contributed by atoms with Crippen LogP contribution in [-0.2, 0) is 4.79 Å². The van der Waals surface area contributed by atoms with Crippen LogP contribution in [0.4, 0.5) is 10.5 Å². The lowest BCUT2D eigenvalue weighted by atomic mass is 10.2. The van der Waals surface area contributed by atoms with E-state index in [9.17, 15) is 14.4 Å². The number of rotatable bonds is 4. The van der Waals surface area contributed by atoms with Gasteiger partial charge in [0.2, 0.25) is 5.91 Å². The highest BCUT2D eigenvalue weighted by atomic mass is 79.9. The lowest BCUT2D eigenvalue weighted by molar-refractivity contribution is -0.129. The van der Waals surface area contributed by atoms with Gasteiger partial charge in [0.05, 0.1) is 11.3 Å². The second kappa shape index (κ2) is 7.07. The molecule has 7 nitrogen and oxygen atoms in total. The number of nitrogens with one attached hydrogen (secondary N) is 1. The molecule has 21 heavy (non-hydrogen) atoms. The number of carbonyl (C=O) groups excluding carboxylic acids is 2. The third-order valence-electron chi connectivity index (χ3n) is 2.68. The second-order valence-corrected chi connectivity index (χ2v) is 5.43. The van der Waals surface area contributed by atoms with E-state index < -0.39 is 12.0 Å². The van der Waals surface area contributed by atoms with Crippen LogP contribution in [0.3, 0.4) is 0 Å². The molecule has 1 aromatic carbocycles. The van der Waals surface area contributed by atoms with Gasteiger partial charge in [0.1, 0.15) is 6.54 Å². The number of carboxylic acid groups (broad SMARTS) is 1. The van der Waals surface area contributed by atoms with Gasteiger partial charge in [-0.2, -0.15) is 0 Å². The Balaban J connectivity index is 2.75. The molecule has 0 bridgehead atoms. The maximum absolute atomic E-state index is 11.9. The van der Waals surface area contributed by atoms with Crippen molar-refractivity contribution in [2.75, 3.05) is 33.0 Å². The number of anilines is 1. The summed E-state index contributed by atoms with van der Waals surface area (Å²) in [6.07, 6.45) is 0. The second-order valence-electron chi connectivity index (χ2n) is 4.57. The molecule has 2 N–H and O–H groups in total. The Kier molecular flexibility index (Phi) is 5.71. The lowest BCUT2D eigenvalue weighted by Gasteiger charge is -2.20. The molecule has 0 heterocycles. The van der Waals surface area contributed by atoms with Gasteiger partial charge >= 0.3 is 12.0 Å². The van der Waals surface area contributed by atoms with Crippen molar-refractivity contribution in [3.8, 4) is 0 Å². The number of nitrogens with zero attached hydrogens (tertiary/aromatic N) is 2. The molecule has 0 aromatic heterocycles. The fourth-order valence-electron chi connectivity index (χ4n) is 1.38. The summed E-state index contributed by atoms with van der Waals surface area (Å²) in [5.74, 6) is -1.25. The largest absolute Gasteiger partial charge is 0.478 e. The molecule has 3 amide bonds. The van der Waals surface area contributed by atoms with Crippen LogP contribution in [0.2, 0.25) is 0 Å². The fraction of sp³-hybridized carbons (Fsp3) is 0.308. The van der Waals surface area contributed by atoms with Crippen LogP contribution in [0, 0.1) is 0 Å². The Morgan fingerprint density at radius 2 is 1.86 bits per heavy atom. The quantitative estimate of drug-likeness (QED) is 0.857. The highest BCUT2D eigenvalue weighted by Crippen LogP contribution is 2.24. The Bertz CT molecular complexity index is 575. The summed E-state index contributed by atoms with van der Waals surface area (Å²) in [6.45, 7) is -0.0519. The standard InChI is InChI=1S/C13H16BrN3O4/c1-16(2)11(18)7-17(3)13(21)15-10-5-4-8(12(19)20)6-9(10)14/h4-6H,7H2,1-3H3,(H,15,21)(H,19,20). The first-order valence-electron chi connectivity index (χ1n) is 5.97. The number of hydrogen-bond acceptors (Lipinski definition) is 3. The number of carboxylic acids is 1. The molecule has 0 fully saturated rings. The van der Waals surface area contributed by atoms with Gasteiger partial charge in [-0.3, -0.25) is 4.79 Å². The zero-order valence-electron chi connectivity index (χ0n) is 11.9. The van der Waals surface area contributed by atoms with E-state index in [1.807, 2.05) is 0 Å². The van der Waals surface area contributed by atoms with Gasteiger partial charge in [-0.25, -0.2) is 9.59 Å². The molecule has 0 aliphatic heterocycles. The molecule has 0 aliphatic carbocycles. The van der Waals surface area contributed by atoms with Crippen molar-refractivity contribution in [2.45, 2.75) is 0 Å². The summed E-state index contributed by atoms with van der Waals surface area (Å²) in [7, 11) is 4.71. The van der Waals surface area contributed by atoms with E-state index >= 15 is 0 Å². The van der Waals surface area contributed by atoms with Crippen LogP contribution in [0.25, 0.3) is 0 Å². The summed E-state index contributed by atoms with van der Waals surface area (Å²) in [5, 5.41) is 11.5. The van der Waals surface area contributed by atoms with Gasteiger partial charge in [0.25, 0.3) is 0 Å². The van der Waals surface area contributed by atoms with Crippen LogP contribution in [0.15, 0.2) is 22.7 Å². The SMILES string of the molecule is CN(C)C(=O)CN(C)C(=O)Nc1ccc(C(=O)O)cc1Br. The minimum Gasteiger partial charge on any atom is -0.478 e.